The largest absolute Gasteiger partial charge is 0.294 e. The molecule has 0 N–H and O–H groups in total. The lowest BCUT2D eigenvalue weighted by molar-refractivity contribution is -0.115. The Balaban J connectivity index is 0.000000183. The third kappa shape index (κ3) is 33.6. The van der Waals surface area contributed by atoms with Crippen molar-refractivity contribution in [2.24, 2.45) is 41.4 Å². The second-order valence-electron chi connectivity index (χ2n) is 34.3. The molecule has 8 aromatic rings. The van der Waals surface area contributed by atoms with E-state index in [-0.39, 0.29) is 46.9 Å². The first-order chi connectivity index (χ1) is 61.1. The van der Waals surface area contributed by atoms with Gasteiger partial charge in [-0.25, -0.2) is 19.9 Å². The van der Waals surface area contributed by atoms with Crippen molar-refractivity contribution >= 4 is 40.5 Å². The highest BCUT2D eigenvalue weighted by atomic mass is 16.1. The molecule has 6 heterocycles. The van der Waals surface area contributed by atoms with Gasteiger partial charge < -0.3 is 0 Å². The molecule has 0 radical (unpaired) electrons. The van der Waals surface area contributed by atoms with Gasteiger partial charge in [-0.15, -0.1) is 0 Å². The van der Waals surface area contributed by atoms with Crippen molar-refractivity contribution in [1.82, 2.24) is 39.9 Å². The van der Waals surface area contributed by atoms with E-state index in [0.717, 1.165) is 123 Å². The fourth-order valence-corrected chi connectivity index (χ4v) is 14.2. The highest BCUT2D eigenvalue weighted by molar-refractivity contribution is 6.02. The maximum Gasteiger partial charge on any atom is 0.166 e. The SMILES string of the molecule is CC.CC(C)C1=CC=C(C(=O)Cc2ccccc2)C1.CC(C)C1=CC=C(C(=O)Cc2ccccc2)C1.CC(C)C1=CC=C(C(=O)Cc2ccccn2)C1.CC(C)C1=CC=C(C(=O)Cc2cccnc2)C1.CC(C)C1=CC=C(C(=O)Cc2ccncc2)C1.CC(C)C1=CC=C(C(=O)Cc2nccc(-c3ccccn3)n2)C1.CC(C)C1=CC=C(C(=O)Cc2ncccn2)C1. The summed E-state index contributed by atoms with van der Waals surface area (Å²) in [6.07, 6.45) is 52.2. The van der Waals surface area contributed by atoms with E-state index in [1.54, 1.807) is 61.8 Å². The Morgan fingerprint density at radius 1 is 0.236 bits per heavy atom. The number of nitrogens with zero attached hydrogens (tertiary/aromatic N) is 8. The van der Waals surface area contributed by atoms with Crippen LogP contribution in [0.4, 0.5) is 0 Å². The Labute approximate surface area is 754 Å². The fraction of sp³-hybridized carbons (Fsp3) is 0.330. The number of hydrogen-bond acceptors (Lipinski definition) is 15. The number of Topliss-reactive ketones (excluding diaryl/α,β-unsaturated/α-hetero) is 7. The minimum atomic E-state index is 0.0927. The summed E-state index contributed by atoms with van der Waals surface area (Å²) >= 11 is 0. The van der Waals surface area contributed by atoms with Crippen LogP contribution in [0.1, 0.15) is 195 Å². The van der Waals surface area contributed by atoms with Crippen molar-refractivity contribution in [3.05, 3.63) is 392 Å². The number of carbonyl (C=O) groups excluding carboxylic acids is 7. The zero-order chi connectivity index (χ0) is 91.7. The van der Waals surface area contributed by atoms with Crippen LogP contribution in [0.2, 0.25) is 0 Å². The Morgan fingerprint density at radius 2 is 0.535 bits per heavy atom. The molecule has 6 aromatic heterocycles. The minimum absolute atomic E-state index is 0.0927. The molecule has 7 aliphatic carbocycles. The van der Waals surface area contributed by atoms with Crippen molar-refractivity contribution in [2.75, 3.05) is 0 Å². The van der Waals surface area contributed by atoms with E-state index in [2.05, 4.69) is 179 Å². The highest BCUT2D eigenvalue weighted by Gasteiger charge is 2.25. The molecular formula is C112H128N8O7. The smallest absolute Gasteiger partial charge is 0.166 e. The molecule has 0 saturated heterocycles. The number of carbonyl (C=O) groups is 7. The second-order valence-corrected chi connectivity index (χ2v) is 34.3. The van der Waals surface area contributed by atoms with Gasteiger partial charge in [-0.1, -0.05) is 314 Å². The van der Waals surface area contributed by atoms with Gasteiger partial charge in [0.1, 0.15) is 11.6 Å². The number of benzene rings is 2. The summed E-state index contributed by atoms with van der Waals surface area (Å²) in [6.45, 7) is 34.2. The van der Waals surface area contributed by atoms with Crippen LogP contribution in [0.25, 0.3) is 11.4 Å². The summed E-state index contributed by atoms with van der Waals surface area (Å²) < 4.78 is 0. The van der Waals surface area contributed by atoms with Crippen LogP contribution in [0.5, 0.6) is 0 Å². The van der Waals surface area contributed by atoms with Crippen LogP contribution < -0.4 is 0 Å². The lowest BCUT2D eigenvalue weighted by Gasteiger charge is -2.08. The van der Waals surface area contributed by atoms with Crippen molar-refractivity contribution in [3.8, 4) is 11.4 Å². The maximum atomic E-state index is 12.4. The standard InChI is InChI=1S/C19H19N3O.2C16H18O.3C15H17NO.C14H16N2O.C2H6/c1-13(2)14-6-7-15(11-14)18(23)12-19-21-10-8-17(22-19)16-5-3-4-9-20-16;2*1-12(2)14-8-9-15(11-14)16(17)10-13-6-4-3-5-7-13;1-11(2)13-3-4-14(10-13)15(17)9-12-5-7-16-8-6-12;1-11(2)13-5-6-14(9-13)15(17)8-12-4-3-7-16-10-12;1-11(2)12-6-7-13(9-12)15(17)10-14-5-3-4-8-16-14;1-10(2)11-4-5-12(8-11)13(17)9-14-15-6-3-7-16-14;1-2/h3-10,13H,11-12H2,1-2H3;2*3-9,12H,10-11H2,1-2H3;3-8,11H,9-10H2,1-2H3;3-7,10-11H,8-9H2,1-2H3;3-8,11H,9-10H2,1-2H3;3-7,10H,8-9H2,1-2H3;1-2H3. The zero-order valence-electron chi connectivity index (χ0n) is 77.4. The molecular weight excluding hydrogens is 1570 g/mol. The average Bonchev–Trinajstić information content (AvgIpc) is 1.82. The van der Waals surface area contributed by atoms with Gasteiger partial charge in [-0.3, -0.25) is 53.5 Å². The Bertz CT molecular complexity index is 4790. The molecule has 0 saturated carbocycles. The summed E-state index contributed by atoms with van der Waals surface area (Å²) in [4.78, 5) is 118. The van der Waals surface area contributed by atoms with Gasteiger partial charge in [0, 0.05) is 87.1 Å². The van der Waals surface area contributed by atoms with Crippen molar-refractivity contribution < 1.29 is 33.6 Å². The summed E-state index contributed by atoms with van der Waals surface area (Å²) in [5.74, 6) is 6.10. The van der Waals surface area contributed by atoms with E-state index < -0.39 is 0 Å². The number of hydrogen-bond donors (Lipinski definition) is 0. The van der Waals surface area contributed by atoms with Gasteiger partial charge in [0.2, 0.25) is 0 Å². The van der Waals surface area contributed by atoms with Gasteiger partial charge in [-0.05, 0) is 202 Å². The molecule has 0 atom stereocenters. The number of allylic oxidation sites excluding steroid dienone is 28. The van der Waals surface area contributed by atoms with Crippen molar-refractivity contribution in [2.45, 2.75) is 201 Å². The van der Waals surface area contributed by atoms with E-state index in [9.17, 15) is 33.6 Å². The summed E-state index contributed by atoms with van der Waals surface area (Å²) in [5.41, 5.74) is 22.4. The quantitative estimate of drug-likeness (QED) is 0.0425. The summed E-state index contributed by atoms with van der Waals surface area (Å²) in [6, 6.07) is 42.4. The second kappa shape index (κ2) is 52.3. The number of pyridine rings is 4. The molecule has 0 unspecified atom stereocenters. The zero-order valence-corrected chi connectivity index (χ0v) is 77.4. The normalized spacial score (nSPS) is 14.4. The number of aromatic nitrogens is 8. The summed E-state index contributed by atoms with van der Waals surface area (Å²) in [5, 5.41) is 0. The fourth-order valence-electron chi connectivity index (χ4n) is 14.2. The Morgan fingerprint density at radius 3 is 0.858 bits per heavy atom. The molecule has 658 valence electrons. The van der Waals surface area contributed by atoms with E-state index in [1.807, 2.05) is 184 Å². The Kier molecular flexibility index (Phi) is 41.0. The van der Waals surface area contributed by atoms with Gasteiger partial charge in [0.25, 0.3) is 0 Å². The van der Waals surface area contributed by atoms with Crippen molar-refractivity contribution in [1.29, 1.82) is 0 Å². The first kappa shape index (κ1) is 99.7. The average molecular weight is 1700 g/mol. The van der Waals surface area contributed by atoms with E-state index >= 15 is 0 Å². The van der Waals surface area contributed by atoms with E-state index in [1.165, 1.54) is 39.0 Å². The molecule has 0 spiro atoms. The van der Waals surface area contributed by atoms with Crippen LogP contribution in [0.15, 0.2) is 352 Å². The van der Waals surface area contributed by atoms with Gasteiger partial charge in [-0.2, -0.15) is 0 Å². The predicted octanol–water partition coefficient (Wildman–Crippen LogP) is 23.8. The van der Waals surface area contributed by atoms with Crippen LogP contribution in [-0.2, 0) is 78.5 Å². The topological polar surface area (TPSA) is 223 Å². The number of ketones is 7. The molecule has 127 heavy (non-hydrogen) atoms. The molecule has 15 heteroatoms. The minimum Gasteiger partial charge on any atom is -0.294 e. The lowest BCUT2D eigenvalue weighted by Crippen LogP contribution is -2.09. The molecule has 0 fully saturated rings. The van der Waals surface area contributed by atoms with Crippen LogP contribution in [0, 0.1) is 41.4 Å². The number of rotatable bonds is 29. The van der Waals surface area contributed by atoms with Crippen LogP contribution in [-0.4, -0.2) is 80.4 Å². The Hall–Kier alpha value is -12.8. The highest BCUT2D eigenvalue weighted by Crippen LogP contribution is 2.33. The van der Waals surface area contributed by atoms with Gasteiger partial charge >= 0.3 is 0 Å². The monoisotopic (exact) mass is 1700 g/mol. The molecule has 0 bridgehead atoms. The van der Waals surface area contributed by atoms with Crippen molar-refractivity contribution in [3.63, 3.8) is 0 Å². The van der Waals surface area contributed by atoms with Crippen LogP contribution >= 0.6 is 0 Å². The molecule has 7 aliphatic rings. The third-order valence-corrected chi connectivity index (χ3v) is 22.5. The first-order valence-electron chi connectivity index (χ1n) is 44.9. The first-order valence-corrected chi connectivity index (χ1v) is 44.9. The van der Waals surface area contributed by atoms with Gasteiger partial charge in [0.15, 0.2) is 40.5 Å². The molecule has 2 aromatic carbocycles. The predicted molar refractivity (Wildman–Crippen MR) is 515 cm³/mol. The van der Waals surface area contributed by atoms with E-state index in [0.29, 0.717) is 91.6 Å². The maximum absolute atomic E-state index is 12.4. The molecule has 0 aliphatic heterocycles. The summed E-state index contributed by atoms with van der Waals surface area (Å²) in [7, 11) is 0. The van der Waals surface area contributed by atoms with E-state index in [4.69, 9.17) is 0 Å². The van der Waals surface area contributed by atoms with Gasteiger partial charge in [0.05, 0.1) is 30.7 Å². The molecule has 15 nitrogen and oxygen atoms in total. The third-order valence-electron chi connectivity index (χ3n) is 22.5. The molecule has 0 amide bonds. The van der Waals surface area contributed by atoms with Crippen LogP contribution in [0.3, 0.4) is 0 Å². The molecule has 15 rings (SSSR count). The lowest BCUT2D eigenvalue weighted by atomic mass is 9.96.